The number of carbonyl (C=O) groups excluding carboxylic acids is 1. The molecule has 1 aromatic heterocycles. The number of morpholine rings is 1. The lowest BCUT2D eigenvalue weighted by Gasteiger charge is -2.24. The van der Waals surface area contributed by atoms with E-state index in [0.717, 1.165) is 66.5 Å². The number of para-hydroxylation sites is 1. The molecule has 0 radical (unpaired) electrons. The summed E-state index contributed by atoms with van der Waals surface area (Å²) in [6.07, 6.45) is 0. The van der Waals surface area contributed by atoms with E-state index in [4.69, 9.17) is 9.47 Å². The number of hydrogen-bond donors (Lipinski definition) is 2. The van der Waals surface area contributed by atoms with Crippen LogP contribution < -0.4 is 15.1 Å². The van der Waals surface area contributed by atoms with Gasteiger partial charge in [-0.3, -0.25) is 4.79 Å². The lowest BCUT2D eigenvalue weighted by molar-refractivity contribution is -0.921. The molecule has 1 aliphatic heterocycles. The van der Waals surface area contributed by atoms with Crippen LogP contribution in [-0.4, -0.2) is 60.0 Å². The molecule has 2 aromatic carbocycles. The van der Waals surface area contributed by atoms with E-state index in [1.807, 2.05) is 43.3 Å². The molecule has 0 bridgehead atoms. The number of methoxy groups -OCH3 is 1. The Morgan fingerprint density at radius 2 is 2.06 bits per heavy atom. The predicted octanol–water partition coefficient (Wildman–Crippen LogP) is 0.395. The number of amides is 1. The van der Waals surface area contributed by atoms with E-state index in [9.17, 15) is 4.79 Å². The third kappa shape index (κ3) is 5.07. The maximum Gasteiger partial charge on any atom is 0.261 e. The second-order valence-electron chi connectivity index (χ2n) is 7.53. The molecule has 162 valence electrons. The zero-order valence-electron chi connectivity index (χ0n) is 17.8. The third-order valence-corrected chi connectivity index (χ3v) is 5.40. The lowest BCUT2D eigenvalue weighted by atomic mass is 10.1. The predicted molar refractivity (Wildman–Crippen MR) is 116 cm³/mol. The number of benzene rings is 2. The number of nitrogens with one attached hydrogen (secondary N) is 2. The van der Waals surface area contributed by atoms with E-state index >= 15 is 0 Å². The molecule has 4 rings (SSSR count). The third-order valence-electron chi connectivity index (χ3n) is 5.40. The van der Waals surface area contributed by atoms with Gasteiger partial charge in [0.15, 0.2) is 0 Å². The summed E-state index contributed by atoms with van der Waals surface area (Å²) in [6, 6.07) is 13.5. The number of fused-ring (bicyclic) bond motifs is 1. The Kier molecular flexibility index (Phi) is 6.54. The molecule has 0 aliphatic carbocycles. The van der Waals surface area contributed by atoms with Crippen LogP contribution in [0.5, 0.6) is 5.75 Å². The van der Waals surface area contributed by atoms with Crippen molar-refractivity contribution in [1.82, 2.24) is 20.4 Å². The van der Waals surface area contributed by atoms with Gasteiger partial charge in [-0.2, -0.15) is 5.10 Å². The quantitative estimate of drug-likeness (QED) is 0.424. The van der Waals surface area contributed by atoms with Crippen molar-refractivity contribution in [2.45, 2.75) is 20.0 Å². The zero-order chi connectivity index (χ0) is 21.6. The summed E-state index contributed by atoms with van der Waals surface area (Å²) in [4.78, 5) is 13.8. The van der Waals surface area contributed by atoms with E-state index in [2.05, 4.69) is 26.9 Å². The molecule has 9 nitrogen and oxygen atoms in total. The van der Waals surface area contributed by atoms with Gasteiger partial charge >= 0.3 is 0 Å². The van der Waals surface area contributed by atoms with Crippen LogP contribution in [0.3, 0.4) is 0 Å². The Bertz CT molecular complexity index is 1090. The van der Waals surface area contributed by atoms with Crippen LogP contribution >= 0.6 is 0 Å². The molecule has 1 fully saturated rings. The highest BCUT2D eigenvalue weighted by molar-refractivity contribution is 5.99. The minimum Gasteiger partial charge on any atom is -0.496 e. The van der Waals surface area contributed by atoms with Gasteiger partial charge in [0.05, 0.1) is 31.6 Å². The van der Waals surface area contributed by atoms with Gasteiger partial charge in [0.1, 0.15) is 37.4 Å². The first-order valence-corrected chi connectivity index (χ1v) is 10.3. The molecule has 0 spiro atoms. The number of ether oxygens (including phenoxy) is 2. The topological polar surface area (TPSA) is 95.1 Å². The summed E-state index contributed by atoms with van der Waals surface area (Å²) in [7, 11) is 1.68. The first-order valence-electron chi connectivity index (χ1n) is 10.3. The molecule has 0 atom stereocenters. The van der Waals surface area contributed by atoms with Gasteiger partial charge in [0.2, 0.25) is 0 Å². The standard InChI is InChI=1S/C22H26N6O3/c1-16(23-25-22(29)15-28-20-6-4-3-5-19(20)24-26-28)17-7-8-21(30-2)18(13-17)14-27-9-11-31-12-10-27/h3-8,13H,9-12,14-15H2,1-2H3,(H,25,29)/p+1/b23-16-. The molecule has 31 heavy (non-hydrogen) atoms. The van der Waals surface area contributed by atoms with Gasteiger partial charge in [-0.25, -0.2) is 10.1 Å². The van der Waals surface area contributed by atoms with Gasteiger partial charge in [-0.15, -0.1) is 5.10 Å². The average Bonchev–Trinajstić information content (AvgIpc) is 3.21. The Morgan fingerprint density at radius 1 is 1.26 bits per heavy atom. The molecule has 2 heterocycles. The van der Waals surface area contributed by atoms with Crippen LogP contribution in [0.1, 0.15) is 18.1 Å². The van der Waals surface area contributed by atoms with Crippen molar-refractivity contribution in [2.75, 3.05) is 33.4 Å². The zero-order valence-corrected chi connectivity index (χ0v) is 17.8. The van der Waals surface area contributed by atoms with Crippen LogP contribution in [0.4, 0.5) is 0 Å². The molecule has 1 aliphatic rings. The van der Waals surface area contributed by atoms with Gasteiger partial charge in [-0.1, -0.05) is 17.3 Å². The van der Waals surface area contributed by atoms with E-state index < -0.39 is 0 Å². The van der Waals surface area contributed by atoms with E-state index in [1.54, 1.807) is 11.8 Å². The van der Waals surface area contributed by atoms with Gasteiger partial charge in [0, 0.05) is 5.56 Å². The van der Waals surface area contributed by atoms with Crippen molar-refractivity contribution in [2.24, 2.45) is 5.10 Å². The first-order chi connectivity index (χ1) is 15.1. The highest BCUT2D eigenvalue weighted by Gasteiger charge is 2.17. The van der Waals surface area contributed by atoms with Crippen LogP contribution in [0, 0.1) is 0 Å². The maximum atomic E-state index is 12.4. The van der Waals surface area contributed by atoms with Gasteiger partial charge < -0.3 is 14.4 Å². The minimum absolute atomic E-state index is 0.0472. The molecule has 0 unspecified atom stereocenters. The molecular formula is C22H27N6O3+. The SMILES string of the molecule is COc1ccc(/C(C)=N\NC(=O)Cn2nnc3ccccc32)cc1C[NH+]1CCOCC1. The second kappa shape index (κ2) is 9.67. The highest BCUT2D eigenvalue weighted by atomic mass is 16.5. The lowest BCUT2D eigenvalue weighted by Crippen LogP contribution is -3.12. The highest BCUT2D eigenvalue weighted by Crippen LogP contribution is 2.19. The Balaban J connectivity index is 1.43. The number of aromatic nitrogens is 3. The summed E-state index contributed by atoms with van der Waals surface area (Å²) in [5, 5.41) is 12.4. The fourth-order valence-electron chi connectivity index (χ4n) is 3.66. The van der Waals surface area contributed by atoms with E-state index in [-0.39, 0.29) is 12.5 Å². The molecule has 0 saturated carbocycles. The number of carbonyl (C=O) groups is 1. The van der Waals surface area contributed by atoms with E-state index in [1.165, 1.54) is 4.90 Å². The molecule has 9 heteroatoms. The number of rotatable bonds is 7. The number of nitrogens with zero attached hydrogens (tertiary/aromatic N) is 4. The molecule has 3 aromatic rings. The molecular weight excluding hydrogens is 396 g/mol. The molecule has 1 amide bonds. The normalized spacial score (nSPS) is 15.2. The van der Waals surface area contributed by atoms with Gasteiger partial charge in [-0.05, 0) is 42.8 Å². The summed E-state index contributed by atoms with van der Waals surface area (Å²) in [5.41, 5.74) is 6.96. The summed E-state index contributed by atoms with van der Waals surface area (Å²) in [5.74, 6) is 0.596. The average molecular weight is 423 g/mol. The second-order valence-corrected chi connectivity index (χ2v) is 7.53. The maximum absolute atomic E-state index is 12.4. The van der Waals surface area contributed by atoms with Crippen LogP contribution in [0.25, 0.3) is 11.0 Å². The Labute approximate surface area is 180 Å². The van der Waals surface area contributed by atoms with Crippen molar-refractivity contribution >= 4 is 22.7 Å². The van der Waals surface area contributed by atoms with Gasteiger partial charge in [0.25, 0.3) is 5.91 Å². The van der Waals surface area contributed by atoms with Crippen molar-refractivity contribution in [1.29, 1.82) is 0 Å². The largest absolute Gasteiger partial charge is 0.496 e. The van der Waals surface area contributed by atoms with Crippen LogP contribution in [0.15, 0.2) is 47.6 Å². The Hall–Kier alpha value is -3.30. The summed E-state index contributed by atoms with van der Waals surface area (Å²) >= 11 is 0. The summed E-state index contributed by atoms with van der Waals surface area (Å²) < 4.78 is 12.6. The fraction of sp³-hybridized carbons (Fsp3) is 0.364. The van der Waals surface area contributed by atoms with Crippen molar-refractivity contribution in [3.05, 3.63) is 53.6 Å². The van der Waals surface area contributed by atoms with Crippen LogP contribution in [-0.2, 0) is 22.6 Å². The number of hydrazone groups is 1. The van der Waals surface area contributed by atoms with Crippen molar-refractivity contribution in [3.8, 4) is 5.75 Å². The number of quaternary nitrogens is 1. The summed E-state index contributed by atoms with van der Waals surface area (Å²) in [6.45, 7) is 6.31. The van der Waals surface area contributed by atoms with Crippen LogP contribution in [0.2, 0.25) is 0 Å². The van der Waals surface area contributed by atoms with Crippen molar-refractivity contribution < 1.29 is 19.2 Å². The fourth-order valence-corrected chi connectivity index (χ4v) is 3.66. The Morgan fingerprint density at radius 3 is 2.87 bits per heavy atom. The van der Waals surface area contributed by atoms with E-state index in [0.29, 0.717) is 0 Å². The van der Waals surface area contributed by atoms with Crippen molar-refractivity contribution in [3.63, 3.8) is 0 Å². The molecule has 2 N–H and O–H groups in total. The molecule has 1 saturated heterocycles. The minimum atomic E-state index is -0.263. The smallest absolute Gasteiger partial charge is 0.261 e. The number of hydrogen-bond acceptors (Lipinski definition) is 6. The monoisotopic (exact) mass is 423 g/mol. The first kappa shape index (κ1) is 21.0.